The fourth-order valence-corrected chi connectivity index (χ4v) is 2.37. The summed E-state index contributed by atoms with van der Waals surface area (Å²) in [6.07, 6.45) is -4.48. The third kappa shape index (κ3) is 3.25. The van der Waals surface area contributed by atoms with Crippen molar-refractivity contribution in [2.75, 3.05) is 26.2 Å². The van der Waals surface area contributed by atoms with Crippen molar-refractivity contribution in [3.05, 3.63) is 35.1 Å². The lowest BCUT2D eigenvalue weighted by molar-refractivity contribution is -0.188. The fourth-order valence-electron chi connectivity index (χ4n) is 2.37. The molecule has 106 valence electrons. The van der Waals surface area contributed by atoms with Crippen LogP contribution in [0.1, 0.15) is 17.2 Å². The minimum atomic E-state index is -4.48. The zero-order chi connectivity index (χ0) is 14.0. The molecule has 1 aliphatic rings. The number of hydrogen-bond acceptors (Lipinski definition) is 2. The van der Waals surface area contributed by atoms with E-state index < -0.39 is 18.0 Å². The minimum Gasteiger partial charge on any atom is -0.314 e. The highest BCUT2D eigenvalue weighted by Crippen LogP contribution is 2.38. The first kappa shape index (κ1) is 14.3. The molecule has 1 heterocycles. The first-order valence-electron chi connectivity index (χ1n) is 6.17. The van der Waals surface area contributed by atoms with Crippen LogP contribution < -0.4 is 5.32 Å². The average Bonchev–Trinajstić information content (AvgIpc) is 2.32. The second kappa shape index (κ2) is 5.46. The van der Waals surface area contributed by atoms with Gasteiger partial charge in [0.1, 0.15) is 11.9 Å². The Bertz CT molecular complexity index is 439. The van der Waals surface area contributed by atoms with E-state index in [1.165, 1.54) is 17.0 Å². The molecule has 0 radical (unpaired) electrons. The lowest BCUT2D eigenvalue weighted by Gasteiger charge is -2.36. The molecule has 1 aliphatic heterocycles. The van der Waals surface area contributed by atoms with Crippen molar-refractivity contribution in [2.45, 2.75) is 19.1 Å². The lowest BCUT2D eigenvalue weighted by atomic mass is 10.0. The summed E-state index contributed by atoms with van der Waals surface area (Å²) in [5, 5.41) is 2.99. The van der Waals surface area contributed by atoms with Crippen LogP contribution in [-0.4, -0.2) is 37.3 Å². The van der Waals surface area contributed by atoms with Crippen LogP contribution in [0, 0.1) is 12.7 Å². The van der Waals surface area contributed by atoms with Gasteiger partial charge in [-0.25, -0.2) is 4.39 Å². The summed E-state index contributed by atoms with van der Waals surface area (Å²) in [6, 6.07) is 2.04. The van der Waals surface area contributed by atoms with E-state index in [1.807, 2.05) is 0 Å². The summed E-state index contributed by atoms with van der Waals surface area (Å²) in [6.45, 7) is 3.15. The van der Waals surface area contributed by atoms with Crippen LogP contribution in [-0.2, 0) is 0 Å². The van der Waals surface area contributed by atoms with Crippen LogP contribution in [0.2, 0.25) is 0 Å². The number of nitrogens with one attached hydrogen (secondary N) is 1. The molecule has 1 aromatic carbocycles. The Kier molecular flexibility index (Phi) is 4.10. The van der Waals surface area contributed by atoms with Crippen LogP contribution >= 0.6 is 0 Å². The van der Waals surface area contributed by atoms with Crippen molar-refractivity contribution >= 4 is 0 Å². The second-order valence-electron chi connectivity index (χ2n) is 4.76. The number of alkyl halides is 3. The van der Waals surface area contributed by atoms with E-state index in [4.69, 9.17) is 0 Å². The molecule has 6 heteroatoms. The third-order valence-electron chi connectivity index (χ3n) is 3.28. The van der Waals surface area contributed by atoms with Crippen LogP contribution in [0.3, 0.4) is 0 Å². The van der Waals surface area contributed by atoms with E-state index in [1.54, 1.807) is 6.92 Å². The van der Waals surface area contributed by atoms with Crippen LogP contribution in [0.4, 0.5) is 17.6 Å². The lowest BCUT2D eigenvalue weighted by Crippen LogP contribution is -2.49. The summed E-state index contributed by atoms with van der Waals surface area (Å²) >= 11 is 0. The largest absolute Gasteiger partial charge is 0.408 e. The monoisotopic (exact) mass is 276 g/mol. The summed E-state index contributed by atoms with van der Waals surface area (Å²) < 4.78 is 53.6. The number of rotatable bonds is 2. The Hall–Kier alpha value is -1.14. The van der Waals surface area contributed by atoms with Gasteiger partial charge in [0, 0.05) is 31.7 Å². The van der Waals surface area contributed by atoms with Gasteiger partial charge in [0.15, 0.2) is 0 Å². The molecule has 2 nitrogen and oxygen atoms in total. The van der Waals surface area contributed by atoms with Crippen molar-refractivity contribution < 1.29 is 17.6 Å². The van der Waals surface area contributed by atoms with Gasteiger partial charge in [-0.05, 0) is 18.6 Å². The predicted octanol–water partition coefficient (Wildman–Crippen LogP) is 2.64. The van der Waals surface area contributed by atoms with Crippen molar-refractivity contribution in [1.82, 2.24) is 10.2 Å². The summed E-state index contributed by atoms with van der Waals surface area (Å²) in [5.74, 6) is -0.791. The van der Waals surface area contributed by atoms with Crippen LogP contribution in [0.15, 0.2) is 18.2 Å². The number of piperazine rings is 1. The molecule has 1 saturated heterocycles. The van der Waals surface area contributed by atoms with Gasteiger partial charge in [0.05, 0.1) is 0 Å². The topological polar surface area (TPSA) is 15.3 Å². The van der Waals surface area contributed by atoms with Gasteiger partial charge >= 0.3 is 6.18 Å². The molecule has 19 heavy (non-hydrogen) atoms. The van der Waals surface area contributed by atoms with Crippen LogP contribution in [0.25, 0.3) is 0 Å². The first-order valence-corrected chi connectivity index (χ1v) is 6.17. The Morgan fingerprint density at radius 3 is 2.37 bits per heavy atom. The quantitative estimate of drug-likeness (QED) is 0.835. The standard InChI is InChI=1S/C13H16F4N2/c1-9-2-3-10(11(14)8-9)12(13(15,16)17)19-6-4-18-5-7-19/h2-3,8,12,18H,4-7H2,1H3/t12-/m1/s1. The van der Waals surface area contributed by atoms with Gasteiger partial charge < -0.3 is 5.32 Å². The van der Waals surface area contributed by atoms with E-state index in [-0.39, 0.29) is 18.7 Å². The first-order chi connectivity index (χ1) is 8.89. The molecule has 0 aliphatic carbocycles. The molecule has 0 spiro atoms. The summed E-state index contributed by atoms with van der Waals surface area (Å²) in [7, 11) is 0. The van der Waals surface area contributed by atoms with Crippen molar-refractivity contribution in [2.24, 2.45) is 0 Å². The van der Waals surface area contributed by atoms with E-state index in [0.717, 1.165) is 6.07 Å². The van der Waals surface area contributed by atoms with E-state index in [2.05, 4.69) is 5.32 Å². The molecule has 1 aromatic rings. The fraction of sp³-hybridized carbons (Fsp3) is 0.538. The molecular weight excluding hydrogens is 260 g/mol. The van der Waals surface area contributed by atoms with E-state index >= 15 is 0 Å². The van der Waals surface area contributed by atoms with Crippen molar-refractivity contribution in [1.29, 1.82) is 0 Å². The molecule has 0 saturated carbocycles. The van der Waals surface area contributed by atoms with Crippen LogP contribution in [0.5, 0.6) is 0 Å². The number of hydrogen-bond donors (Lipinski definition) is 1. The van der Waals surface area contributed by atoms with Crippen molar-refractivity contribution in [3.8, 4) is 0 Å². The molecule has 1 N–H and O–H groups in total. The average molecular weight is 276 g/mol. The predicted molar refractivity (Wildman–Crippen MR) is 64.4 cm³/mol. The summed E-state index contributed by atoms with van der Waals surface area (Å²) in [4.78, 5) is 1.28. The SMILES string of the molecule is Cc1ccc([C@@H](N2CCNCC2)C(F)(F)F)c(F)c1. The summed E-state index contributed by atoms with van der Waals surface area (Å²) in [5.41, 5.74) is 0.322. The smallest absolute Gasteiger partial charge is 0.314 e. The normalized spacial score (nSPS) is 19.4. The van der Waals surface area contributed by atoms with Gasteiger partial charge in [-0.1, -0.05) is 12.1 Å². The maximum Gasteiger partial charge on any atom is 0.408 e. The molecule has 2 rings (SSSR count). The van der Waals surface area contributed by atoms with Gasteiger partial charge in [-0.2, -0.15) is 13.2 Å². The number of halogens is 4. The second-order valence-corrected chi connectivity index (χ2v) is 4.76. The maximum atomic E-state index is 13.8. The Morgan fingerprint density at radius 2 is 1.84 bits per heavy atom. The highest BCUT2D eigenvalue weighted by atomic mass is 19.4. The molecule has 1 atom stereocenters. The Labute approximate surface area is 109 Å². The van der Waals surface area contributed by atoms with E-state index in [9.17, 15) is 17.6 Å². The number of aryl methyl sites for hydroxylation is 1. The highest BCUT2D eigenvalue weighted by molar-refractivity contribution is 5.27. The third-order valence-corrected chi connectivity index (χ3v) is 3.28. The molecule has 0 unspecified atom stereocenters. The van der Waals surface area contributed by atoms with Gasteiger partial charge in [0.25, 0.3) is 0 Å². The molecule has 0 bridgehead atoms. The van der Waals surface area contributed by atoms with Gasteiger partial charge in [-0.3, -0.25) is 4.90 Å². The van der Waals surface area contributed by atoms with E-state index in [0.29, 0.717) is 18.7 Å². The molecule has 1 fully saturated rings. The van der Waals surface area contributed by atoms with Gasteiger partial charge in [0.2, 0.25) is 0 Å². The zero-order valence-electron chi connectivity index (χ0n) is 10.6. The zero-order valence-corrected chi connectivity index (χ0v) is 10.6. The highest BCUT2D eigenvalue weighted by Gasteiger charge is 2.46. The number of benzene rings is 1. The minimum absolute atomic E-state index is 0.261. The molecular formula is C13H16F4N2. The van der Waals surface area contributed by atoms with Gasteiger partial charge in [-0.15, -0.1) is 0 Å². The maximum absolute atomic E-state index is 13.8. The Morgan fingerprint density at radius 1 is 1.21 bits per heavy atom. The Balaban J connectivity index is 2.36. The molecule has 0 amide bonds. The van der Waals surface area contributed by atoms with Crippen molar-refractivity contribution in [3.63, 3.8) is 0 Å². The number of nitrogens with zero attached hydrogens (tertiary/aromatic N) is 1. The molecule has 0 aromatic heterocycles.